The number of ketones is 1. The fourth-order valence-electron chi connectivity index (χ4n) is 10.9. The van der Waals surface area contributed by atoms with Crippen molar-refractivity contribution in [1.29, 1.82) is 0 Å². The van der Waals surface area contributed by atoms with E-state index >= 15 is 0 Å². The minimum absolute atomic E-state index is 0.00913. The van der Waals surface area contributed by atoms with Crippen LogP contribution in [-0.4, -0.2) is 66.5 Å². The Labute approximate surface area is 337 Å². The van der Waals surface area contributed by atoms with Gasteiger partial charge >= 0.3 is 0 Å². The number of anilines is 3. The Morgan fingerprint density at radius 1 is 1.02 bits per heavy atom. The Kier molecular flexibility index (Phi) is 9.83. The summed E-state index contributed by atoms with van der Waals surface area (Å²) < 4.78 is 0. The maximum Gasteiger partial charge on any atom is 0.253 e. The zero-order chi connectivity index (χ0) is 41.1. The standard InChI is InChI=1S/C44H51N9O5/c1-24-16-33-32-13-10-28-18-31(54)14-15-42(28,2)35(32)34(55)19-43(33,3)44(24,58)40(57)49-21-26-7-5-6-25(17-26)20-48-39(56)27-8-11-30(12-9-27)53(4)23-29-22-47-38-36(50-29)37(45)51-41(46)52-38/h5-9,11-12,14-15,17-18,22,24,32-35,55,58H,10,13,16,19-21,23H2,1-4H3,(H,48,56)(H,49,57)(H4,45,46,47,51,52)/t24-,32?,33?,34+,35?,42+,43+,44+/m1/s1. The van der Waals surface area contributed by atoms with E-state index in [9.17, 15) is 24.6 Å². The molecular formula is C44H51N9O5. The highest BCUT2D eigenvalue weighted by molar-refractivity contribution is 6.01. The van der Waals surface area contributed by atoms with Crippen molar-refractivity contribution in [2.24, 2.45) is 34.5 Å². The molecule has 3 unspecified atom stereocenters. The number of rotatable bonds is 9. The molecule has 2 heterocycles. The molecule has 8 N–H and O–H groups in total. The van der Waals surface area contributed by atoms with Crippen LogP contribution in [0.5, 0.6) is 0 Å². The van der Waals surface area contributed by atoms with Gasteiger partial charge in [-0.15, -0.1) is 0 Å². The number of amides is 2. The van der Waals surface area contributed by atoms with E-state index in [1.165, 1.54) is 0 Å². The normalized spacial score (nSPS) is 29.9. The van der Waals surface area contributed by atoms with E-state index < -0.39 is 28.4 Å². The van der Waals surface area contributed by atoms with Gasteiger partial charge < -0.3 is 37.2 Å². The van der Waals surface area contributed by atoms with Crippen molar-refractivity contribution < 1.29 is 24.6 Å². The SMILES string of the molecule is C[C@@H]1CC2C3CCC4=CC(=O)C=C[C@]4(C)C3[C@@H](O)C[C@]2(C)[C@@]1(O)C(=O)NCc1cccc(CNC(=O)c2ccc(N(C)Cc3cnc4nc(N)nc(N)c4n3)cc2)c1. The van der Waals surface area contributed by atoms with E-state index in [0.29, 0.717) is 41.8 Å². The zero-order valence-corrected chi connectivity index (χ0v) is 33.3. The van der Waals surface area contributed by atoms with E-state index in [2.05, 4.69) is 37.5 Å². The molecule has 2 aromatic heterocycles. The minimum Gasteiger partial charge on any atom is -0.393 e. The molecule has 0 saturated heterocycles. The monoisotopic (exact) mass is 785 g/mol. The largest absolute Gasteiger partial charge is 0.393 e. The fourth-order valence-corrected chi connectivity index (χ4v) is 10.9. The lowest BCUT2D eigenvalue weighted by atomic mass is 9.46. The van der Waals surface area contributed by atoms with E-state index in [1.54, 1.807) is 30.5 Å². The first-order chi connectivity index (χ1) is 27.6. The van der Waals surface area contributed by atoms with Crippen LogP contribution in [0, 0.1) is 34.5 Å². The predicted octanol–water partition coefficient (Wildman–Crippen LogP) is 4.02. The molecule has 3 fully saturated rings. The molecule has 14 heteroatoms. The molecule has 2 amide bonds. The van der Waals surface area contributed by atoms with Crippen LogP contribution in [0.15, 0.2) is 78.5 Å². The Balaban J connectivity index is 0.871. The second-order valence-corrected chi connectivity index (χ2v) is 17.2. The van der Waals surface area contributed by atoms with Crippen molar-refractivity contribution in [2.45, 2.75) is 77.8 Å². The summed E-state index contributed by atoms with van der Waals surface area (Å²) in [6, 6.07) is 14.9. The molecule has 2 aromatic carbocycles. The predicted molar refractivity (Wildman–Crippen MR) is 219 cm³/mol. The lowest BCUT2D eigenvalue weighted by molar-refractivity contribution is -0.183. The number of aromatic nitrogens is 4. The van der Waals surface area contributed by atoms with E-state index in [4.69, 9.17) is 11.5 Å². The van der Waals surface area contributed by atoms with Gasteiger partial charge in [-0.05, 0) is 91.0 Å². The highest BCUT2D eigenvalue weighted by Crippen LogP contribution is 2.68. The van der Waals surface area contributed by atoms with Crippen LogP contribution < -0.4 is 27.0 Å². The Bertz CT molecular complexity index is 2370. The number of nitrogens with one attached hydrogen (secondary N) is 2. The third kappa shape index (κ3) is 6.57. The highest BCUT2D eigenvalue weighted by Gasteiger charge is 2.70. The average Bonchev–Trinajstić information content (AvgIpc) is 3.40. The third-order valence-electron chi connectivity index (χ3n) is 13.8. The van der Waals surface area contributed by atoms with Crippen LogP contribution in [0.1, 0.15) is 73.6 Å². The number of allylic oxidation sites excluding steroid dienone is 4. The summed E-state index contributed by atoms with van der Waals surface area (Å²) in [5, 5.41) is 30.2. The maximum atomic E-state index is 14.1. The molecule has 3 saturated carbocycles. The quantitative estimate of drug-likeness (QED) is 0.142. The second-order valence-electron chi connectivity index (χ2n) is 17.2. The number of aliphatic hydroxyl groups excluding tert-OH is 1. The summed E-state index contributed by atoms with van der Waals surface area (Å²) in [6.45, 7) is 6.96. The van der Waals surface area contributed by atoms with Crippen LogP contribution in [-0.2, 0) is 29.2 Å². The van der Waals surface area contributed by atoms with Crippen LogP contribution in [0.25, 0.3) is 11.2 Å². The smallest absolute Gasteiger partial charge is 0.253 e. The van der Waals surface area contributed by atoms with Gasteiger partial charge in [0.05, 0.1) is 24.5 Å². The summed E-state index contributed by atoms with van der Waals surface area (Å²) in [5.41, 5.74) is 14.2. The summed E-state index contributed by atoms with van der Waals surface area (Å²) in [6.07, 6.45) is 8.77. The molecule has 8 atom stereocenters. The average molecular weight is 786 g/mol. The van der Waals surface area contributed by atoms with Gasteiger partial charge in [-0.3, -0.25) is 14.4 Å². The summed E-state index contributed by atoms with van der Waals surface area (Å²) in [5.74, 6) is -0.704. The van der Waals surface area contributed by atoms with E-state index in [-0.39, 0.29) is 60.2 Å². The third-order valence-corrected chi connectivity index (χ3v) is 13.8. The number of hydrogen-bond donors (Lipinski definition) is 6. The second kappa shape index (κ2) is 14.6. The molecular weight excluding hydrogens is 735 g/mol. The van der Waals surface area contributed by atoms with Gasteiger partial charge in [0, 0.05) is 48.1 Å². The number of carbonyl (C=O) groups is 3. The van der Waals surface area contributed by atoms with Gasteiger partial charge in [-0.1, -0.05) is 56.7 Å². The van der Waals surface area contributed by atoms with Crippen LogP contribution in [0.2, 0.25) is 0 Å². The number of fused-ring (bicyclic) bond motifs is 6. The fraction of sp³-hybridized carbons (Fsp3) is 0.432. The van der Waals surface area contributed by atoms with E-state index in [1.807, 2.05) is 68.3 Å². The topological polar surface area (TPSA) is 223 Å². The van der Waals surface area contributed by atoms with Crippen LogP contribution >= 0.6 is 0 Å². The number of hydrogen-bond acceptors (Lipinski definition) is 12. The first-order valence-corrected chi connectivity index (χ1v) is 20.0. The summed E-state index contributed by atoms with van der Waals surface area (Å²) in [4.78, 5) is 58.3. The molecule has 8 rings (SSSR count). The molecule has 0 bridgehead atoms. The number of carbonyl (C=O) groups excluding carboxylic acids is 3. The molecule has 14 nitrogen and oxygen atoms in total. The molecule has 0 spiro atoms. The first kappa shape index (κ1) is 39.1. The van der Waals surface area contributed by atoms with Crippen molar-refractivity contribution in [3.8, 4) is 0 Å². The van der Waals surface area contributed by atoms with Gasteiger partial charge in [0.2, 0.25) is 5.95 Å². The number of aliphatic hydroxyl groups is 2. The van der Waals surface area contributed by atoms with E-state index in [0.717, 1.165) is 35.2 Å². The van der Waals surface area contributed by atoms with Crippen molar-refractivity contribution in [1.82, 2.24) is 30.6 Å². The summed E-state index contributed by atoms with van der Waals surface area (Å²) >= 11 is 0. The van der Waals surface area contributed by atoms with Gasteiger partial charge in [0.1, 0.15) is 0 Å². The van der Waals surface area contributed by atoms with Gasteiger partial charge in [-0.25, -0.2) is 9.97 Å². The van der Waals surface area contributed by atoms with Crippen molar-refractivity contribution in [3.05, 3.63) is 101 Å². The Morgan fingerprint density at radius 3 is 2.48 bits per heavy atom. The van der Waals surface area contributed by atoms with Crippen molar-refractivity contribution in [2.75, 3.05) is 23.4 Å². The zero-order valence-electron chi connectivity index (χ0n) is 33.3. The van der Waals surface area contributed by atoms with Crippen molar-refractivity contribution in [3.63, 3.8) is 0 Å². The Morgan fingerprint density at radius 2 is 1.74 bits per heavy atom. The molecule has 0 aliphatic heterocycles. The maximum absolute atomic E-state index is 14.1. The number of nitrogen functional groups attached to an aromatic ring is 2. The molecule has 58 heavy (non-hydrogen) atoms. The van der Waals surface area contributed by atoms with Crippen molar-refractivity contribution >= 4 is 46.2 Å². The van der Waals surface area contributed by atoms with Gasteiger partial charge in [-0.2, -0.15) is 9.97 Å². The molecule has 4 aromatic rings. The lowest BCUT2D eigenvalue weighted by Crippen LogP contribution is -2.64. The van der Waals surface area contributed by atoms with Gasteiger partial charge in [0.25, 0.3) is 11.8 Å². The molecule has 302 valence electrons. The lowest BCUT2D eigenvalue weighted by Gasteiger charge is -2.59. The van der Waals surface area contributed by atoms with Gasteiger partial charge in [0.15, 0.2) is 28.4 Å². The number of nitrogens with zero attached hydrogens (tertiary/aromatic N) is 5. The molecule has 0 radical (unpaired) electrons. The summed E-state index contributed by atoms with van der Waals surface area (Å²) in [7, 11) is 1.91. The number of nitrogens with two attached hydrogens (primary N) is 2. The van der Waals surface area contributed by atoms with Crippen LogP contribution in [0.3, 0.4) is 0 Å². The van der Waals surface area contributed by atoms with Crippen LogP contribution in [0.4, 0.5) is 17.5 Å². The highest BCUT2D eigenvalue weighted by atomic mass is 16.3. The first-order valence-electron chi connectivity index (χ1n) is 20.0. The Hall–Kier alpha value is -5.73. The molecule has 4 aliphatic carbocycles. The number of benzene rings is 2. The minimum atomic E-state index is -1.67. The molecule has 4 aliphatic rings.